The summed E-state index contributed by atoms with van der Waals surface area (Å²) in [6.07, 6.45) is 1.80. The number of aliphatic imine (C=N–C) groups is 1. The van der Waals surface area contributed by atoms with Crippen molar-refractivity contribution in [3.8, 4) is 17.6 Å². The number of amidine groups is 1. The molecule has 1 aliphatic heterocycles. The van der Waals surface area contributed by atoms with Gasteiger partial charge in [-0.1, -0.05) is 24.3 Å². The molecule has 1 saturated heterocycles. The van der Waals surface area contributed by atoms with Crippen LogP contribution in [0.4, 0.5) is 5.69 Å². The largest absolute Gasteiger partial charge is 0.490 e. The summed E-state index contributed by atoms with van der Waals surface area (Å²) in [4.78, 5) is 19.9. The van der Waals surface area contributed by atoms with Gasteiger partial charge in [-0.15, -0.1) is 0 Å². The van der Waals surface area contributed by atoms with Crippen molar-refractivity contribution in [3.63, 3.8) is 0 Å². The number of hydrogen-bond acceptors (Lipinski definition) is 7. The van der Waals surface area contributed by atoms with Crippen molar-refractivity contribution < 1.29 is 19.0 Å². The van der Waals surface area contributed by atoms with Gasteiger partial charge in [0, 0.05) is 7.11 Å². The molecule has 1 heterocycles. The normalized spacial score (nSPS) is 16.0. The number of benzene rings is 2. The minimum Gasteiger partial charge on any atom is -0.490 e. The maximum atomic E-state index is 13.0. The number of ether oxygens (including phenoxy) is 3. The molecule has 8 heteroatoms. The van der Waals surface area contributed by atoms with E-state index in [1.54, 1.807) is 30.2 Å². The van der Waals surface area contributed by atoms with E-state index < -0.39 is 0 Å². The Hall–Kier alpha value is -3.28. The van der Waals surface area contributed by atoms with Gasteiger partial charge in [0.05, 0.1) is 30.4 Å². The SMILES string of the molecule is CCOc1cc(/C=C2/SC(=Nc3ccccc3)N(CCOC)C2=O)ccc1OCC#N. The van der Waals surface area contributed by atoms with E-state index in [-0.39, 0.29) is 12.5 Å². The van der Waals surface area contributed by atoms with Crippen molar-refractivity contribution in [1.82, 2.24) is 4.90 Å². The van der Waals surface area contributed by atoms with Crippen molar-refractivity contribution in [3.05, 3.63) is 59.0 Å². The first-order chi connectivity index (χ1) is 15.2. The van der Waals surface area contributed by atoms with Crippen LogP contribution in [0.1, 0.15) is 12.5 Å². The minimum absolute atomic E-state index is 0.0668. The lowest BCUT2D eigenvalue weighted by Gasteiger charge is -2.14. The number of nitrogens with zero attached hydrogens (tertiary/aromatic N) is 3. The van der Waals surface area contributed by atoms with Crippen LogP contribution < -0.4 is 9.47 Å². The molecule has 0 aromatic heterocycles. The molecule has 7 nitrogen and oxygen atoms in total. The summed E-state index contributed by atoms with van der Waals surface area (Å²) in [5, 5.41) is 9.36. The van der Waals surface area contributed by atoms with Crippen LogP contribution in [0.2, 0.25) is 0 Å². The second kappa shape index (κ2) is 11.2. The Morgan fingerprint density at radius 1 is 1.16 bits per heavy atom. The first-order valence-corrected chi connectivity index (χ1v) is 10.6. The summed E-state index contributed by atoms with van der Waals surface area (Å²) in [5.74, 6) is 0.889. The third-order valence-electron chi connectivity index (χ3n) is 4.25. The van der Waals surface area contributed by atoms with E-state index >= 15 is 0 Å². The molecule has 31 heavy (non-hydrogen) atoms. The summed E-state index contributed by atoms with van der Waals surface area (Å²) < 4.78 is 16.2. The zero-order valence-electron chi connectivity index (χ0n) is 17.4. The maximum absolute atomic E-state index is 13.0. The van der Waals surface area contributed by atoms with Crippen LogP contribution in [0.15, 0.2) is 58.4 Å². The molecule has 160 valence electrons. The topological polar surface area (TPSA) is 84.2 Å². The fourth-order valence-corrected chi connectivity index (χ4v) is 3.87. The molecule has 0 aliphatic carbocycles. The maximum Gasteiger partial charge on any atom is 0.266 e. The van der Waals surface area contributed by atoms with Gasteiger partial charge in [-0.2, -0.15) is 5.26 Å². The molecule has 1 fully saturated rings. The fraction of sp³-hybridized carbons (Fsp3) is 0.261. The Balaban J connectivity index is 1.90. The standard InChI is InChI=1S/C23H23N3O4S/c1-3-29-20-15-17(9-10-19(20)30-13-11-24)16-21-22(27)26(12-14-28-2)23(31-21)25-18-7-5-4-6-8-18/h4-10,15-16H,3,12-14H2,1-2H3/b21-16+,25-23?. The van der Waals surface area contributed by atoms with Gasteiger partial charge < -0.3 is 14.2 Å². The Morgan fingerprint density at radius 3 is 2.68 bits per heavy atom. The lowest BCUT2D eigenvalue weighted by Crippen LogP contribution is -2.32. The summed E-state index contributed by atoms with van der Waals surface area (Å²) in [5.41, 5.74) is 1.57. The molecular formula is C23H23N3O4S. The molecule has 2 aromatic carbocycles. The van der Waals surface area contributed by atoms with Gasteiger partial charge in [0.25, 0.3) is 5.91 Å². The van der Waals surface area contributed by atoms with Crippen molar-refractivity contribution in [2.75, 3.05) is 33.5 Å². The van der Waals surface area contributed by atoms with Crippen molar-refractivity contribution in [2.24, 2.45) is 4.99 Å². The van der Waals surface area contributed by atoms with E-state index in [2.05, 4.69) is 4.99 Å². The van der Waals surface area contributed by atoms with Crippen LogP contribution in [-0.4, -0.2) is 49.4 Å². The number of para-hydroxylation sites is 1. The number of thioether (sulfide) groups is 1. The number of carbonyl (C=O) groups excluding carboxylic acids is 1. The van der Waals surface area contributed by atoms with Gasteiger partial charge in [-0.3, -0.25) is 9.69 Å². The Bertz CT molecular complexity index is 1020. The summed E-state index contributed by atoms with van der Waals surface area (Å²) in [7, 11) is 1.60. The third-order valence-corrected chi connectivity index (χ3v) is 5.25. The van der Waals surface area contributed by atoms with E-state index in [0.717, 1.165) is 11.3 Å². The monoisotopic (exact) mass is 437 g/mol. The van der Waals surface area contributed by atoms with Crippen LogP contribution in [0, 0.1) is 11.3 Å². The predicted molar refractivity (Wildman–Crippen MR) is 121 cm³/mol. The molecule has 2 aromatic rings. The molecule has 0 atom stereocenters. The summed E-state index contributed by atoms with van der Waals surface area (Å²) in [6, 6.07) is 16.8. The van der Waals surface area contributed by atoms with E-state index in [1.807, 2.05) is 49.4 Å². The third kappa shape index (κ3) is 5.87. The van der Waals surface area contributed by atoms with Gasteiger partial charge >= 0.3 is 0 Å². The summed E-state index contributed by atoms with van der Waals surface area (Å²) >= 11 is 1.32. The minimum atomic E-state index is -0.125. The number of carbonyl (C=O) groups is 1. The average Bonchev–Trinajstić information content (AvgIpc) is 3.06. The smallest absolute Gasteiger partial charge is 0.266 e. The lowest BCUT2D eigenvalue weighted by molar-refractivity contribution is -0.122. The molecule has 0 unspecified atom stereocenters. The zero-order valence-corrected chi connectivity index (χ0v) is 18.2. The molecule has 1 aliphatic rings. The second-order valence-electron chi connectivity index (χ2n) is 6.38. The first kappa shape index (κ1) is 22.4. The quantitative estimate of drug-likeness (QED) is 0.546. The number of hydrogen-bond donors (Lipinski definition) is 0. The molecule has 0 saturated carbocycles. The first-order valence-electron chi connectivity index (χ1n) is 9.77. The highest BCUT2D eigenvalue weighted by molar-refractivity contribution is 8.18. The zero-order chi connectivity index (χ0) is 22.1. The van der Waals surface area contributed by atoms with E-state index in [1.165, 1.54) is 11.8 Å². The van der Waals surface area contributed by atoms with Crippen molar-refractivity contribution in [1.29, 1.82) is 5.26 Å². The van der Waals surface area contributed by atoms with Crippen molar-refractivity contribution >= 4 is 34.6 Å². The highest BCUT2D eigenvalue weighted by Crippen LogP contribution is 2.35. The van der Waals surface area contributed by atoms with E-state index in [9.17, 15) is 4.79 Å². The fourth-order valence-electron chi connectivity index (χ4n) is 2.85. The number of rotatable bonds is 9. The highest BCUT2D eigenvalue weighted by Gasteiger charge is 2.33. The Kier molecular flexibility index (Phi) is 8.10. The molecule has 3 rings (SSSR count). The van der Waals surface area contributed by atoms with Crippen LogP contribution >= 0.6 is 11.8 Å². The van der Waals surface area contributed by atoms with Gasteiger partial charge in [0.15, 0.2) is 23.3 Å². The van der Waals surface area contributed by atoms with Gasteiger partial charge in [-0.05, 0) is 54.6 Å². The van der Waals surface area contributed by atoms with Gasteiger partial charge in [-0.25, -0.2) is 4.99 Å². The number of amides is 1. The Morgan fingerprint density at radius 2 is 1.97 bits per heavy atom. The Labute approximate surface area is 185 Å². The van der Waals surface area contributed by atoms with Crippen LogP contribution in [0.25, 0.3) is 6.08 Å². The van der Waals surface area contributed by atoms with Gasteiger partial charge in [0.1, 0.15) is 6.07 Å². The van der Waals surface area contributed by atoms with Gasteiger partial charge in [0.2, 0.25) is 0 Å². The van der Waals surface area contributed by atoms with E-state index in [4.69, 9.17) is 19.5 Å². The second-order valence-corrected chi connectivity index (χ2v) is 7.39. The molecule has 0 spiro atoms. The summed E-state index contributed by atoms with van der Waals surface area (Å²) in [6.45, 7) is 3.08. The lowest BCUT2D eigenvalue weighted by atomic mass is 10.2. The highest BCUT2D eigenvalue weighted by atomic mass is 32.2. The van der Waals surface area contributed by atoms with Crippen LogP contribution in [0.3, 0.4) is 0 Å². The van der Waals surface area contributed by atoms with E-state index in [0.29, 0.717) is 41.3 Å². The predicted octanol–water partition coefficient (Wildman–Crippen LogP) is 4.24. The van der Waals surface area contributed by atoms with Crippen molar-refractivity contribution in [2.45, 2.75) is 6.92 Å². The molecule has 0 bridgehead atoms. The van der Waals surface area contributed by atoms with Crippen LogP contribution in [0.5, 0.6) is 11.5 Å². The van der Waals surface area contributed by atoms with Crippen LogP contribution in [-0.2, 0) is 9.53 Å². The average molecular weight is 438 g/mol. The molecule has 1 amide bonds. The number of methoxy groups -OCH3 is 1. The molecular weight excluding hydrogens is 414 g/mol. The molecule has 0 N–H and O–H groups in total. The molecule has 0 radical (unpaired) electrons. The number of nitriles is 1.